The highest BCUT2D eigenvalue weighted by Crippen LogP contribution is 2.28. The second-order valence-corrected chi connectivity index (χ2v) is 4.53. The lowest BCUT2D eigenvalue weighted by Crippen LogP contribution is -2.10. The fourth-order valence-electron chi connectivity index (χ4n) is 2.14. The lowest BCUT2D eigenvalue weighted by molar-refractivity contribution is 0.100. The molecule has 0 aliphatic rings. The van der Waals surface area contributed by atoms with Crippen LogP contribution in [0.1, 0.15) is 10.4 Å². The molecule has 0 atom stereocenters. The third-order valence-electron chi connectivity index (χ3n) is 3.11. The van der Waals surface area contributed by atoms with Gasteiger partial charge in [0.2, 0.25) is 0 Å². The van der Waals surface area contributed by atoms with Crippen molar-refractivity contribution in [3.05, 3.63) is 54.4 Å². The number of rotatable bonds is 3. The molecular formula is C15H13N5O. The van der Waals surface area contributed by atoms with E-state index >= 15 is 0 Å². The molecule has 104 valence electrons. The summed E-state index contributed by atoms with van der Waals surface area (Å²) >= 11 is 0. The highest BCUT2D eigenvalue weighted by molar-refractivity contribution is 6.00. The molecule has 21 heavy (non-hydrogen) atoms. The molecule has 3 aromatic rings. The van der Waals surface area contributed by atoms with E-state index in [2.05, 4.69) is 15.0 Å². The maximum atomic E-state index is 11.7. The van der Waals surface area contributed by atoms with E-state index in [4.69, 9.17) is 11.5 Å². The topological polar surface area (TPSA) is 111 Å². The standard InChI is InChI=1S/C15H13N5O/c16-13-7-11(18-8-19-13)12-6-10(15(17)21)14(20-12)9-4-2-1-3-5-9/h1-8,20H,(H2,17,21)(H2,16,18,19). The van der Waals surface area contributed by atoms with Crippen molar-refractivity contribution in [1.82, 2.24) is 15.0 Å². The van der Waals surface area contributed by atoms with Crippen LogP contribution in [0.3, 0.4) is 0 Å². The zero-order valence-corrected chi connectivity index (χ0v) is 11.1. The number of carbonyl (C=O) groups is 1. The normalized spacial score (nSPS) is 10.5. The van der Waals surface area contributed by atoms with Gasteiger partial charge in [0.15, 0.2) is 0 Å². The Morgan fingerprint density at radius 3 is 2.52 bits per heavy atom. The number of nitrogen functional groups attached to an aromatic ring is 1. The van der Waals surface area contributed by atoms with E-state index < -0.39 is 5.91 Å². The van der Waals surface area contributed by atoms with Crippen molar-refractivity contribution in [2.45, 2.75) is 0 Å². The van der Waals surface area contributed by atoms with Crippen molar-refractivity contribution in [2.24, 2.45) is 5.73 Å². The first-order valence-electron chi connectivity index (χ1n) is 6.31. The molecule has 5 N–H and O–H groups in total. The van der Waals surface area contributed by atoms with Crippen molar-refractivity contribution in [3.8, 4) is 22.6 Å². The predicted molar refractivity (Wildman–Crippen MR) is 80.2 cm³/mol. The van der Waals surface area contributed by atoms with Gasteiger partial charge in [-0.3, -0.25) is 4.79 Å². The SMILES string of the molecule is NC(=O)c1cc(-c2cc(N)ncn2)[nH]c1-c1ccccc1. The summed E-state index contributed by atoms with van der Waals surface area (Å²) in [6.45, 7) is 0. The molecule has 0 fully saturated rings. The fourth-order valence-corrected chi connectivity index (χ4v) is 2.14. The fraction of sp³-hybridized carbons (Fsp3) is 0. The molecule has 3 rings (SSSR count). The van der Waals surface area contributed by atoms with Gasteiger partial charge in [0, 0.05) is 6.07 Å². The molecular weight excluding hydrogens is 266 g/mol. The zero-order chi connectivity index (χ0) is 14.8. The van der Waals surface area contributed by atoms with Crippen molar-refractivity contribution < 1.29 is 4.79 Å². The number of primary amides is 1. The molecule has 0 saturated carbocycles. The van der Waals surface area contributed by atoms with E-state index in [0.717, 1.165) is 5.56 Å². The third-order valence-corrected chi connectivity index (χ3v) is 3.11. The molecule has 1 aromatic carbocycles. The van der Waals surface area contributed by atoms with Crippen molar-refractivity contribution in [2.75, 3.05) is 5.73 Å². The Morgan fingerprint density at radius 1 is 1.10 bits per heavy atom. The first-order chi connectivity index (χ1) is 10.1. The number of hydrogen-bond acceptors (Lipinski definition) is 4. The van der Waals surface area contributed by atoms with Gasteiger partial charge >= 0.3 is 0 Å². The van der Waals surface area contributed by atoms with Gasteiger partial charge in [-0.15, -0.1) is 0 Å². The average molecular weight is 279 g/mol. The summed E-state index contributed by atoms with van der Waals surface area (Å²) < 4.78 is 0. The van der Waals surface area contributed by atoms with Crippen LogP contribution in [0.15, 0.2) is 48.8 Å². The highest BCUT2D eigenvalue weighted by Gasteiger charge is 2.16. The van der Waals surface area contributed by atoms with E-state index in [1.54, 1.807) is 12.1 Å². The Labute approximate surface area is 120 Å². The first kappa shape index (κ1) is 12.9. The third kappa shape index (κ3) is 2.46. The Kier molecular flexibility index (Phi) is 3.12. The van der Waals surface area contributed by atoms with Crippen LogP contribution in [0.25, 0.3) is 22.6 Å². The molecule has 6 heteroatoms. The minimum absolute atomic E-state index is 0.358. The number of H-pyrrole nitrogens is 1. The van der Waals surface area contributed by atoms with Gasteiger partial charge in [-0.1, -0.05) is 30.3 Å². The molecule has 0 radical (unpaired) electrons. The largest absolute Gasteiger partial charge is 0.384 e. The van der Waals surface area contributed by atoms with Gasteiger partial charge in [-0.2, -0.15) is 0 Å². The van der Waals surface area contributed by atoms with Crippen LogP contribution in [0.4, 0.5) is 5.82 Å². The van der Waals surface area contributed by atoms with Crippen molar-refractivity contribution in [3.63, 3.8) is 0 Å². The Hall–Kier alpha value is -3.15. The number of nitrogens with two attached hydrogens (primary N) is 2. The Bertz CT molecular complexity index is 795. The molecule has 2 aromatic heterocycles. The maximum absolute atomic E-state index is 11.7. The van der Waals surface area contributed by atoms with Crippen molar-refractivity contribution in [1.29, 1.82) is 0 Å². The molecule has 0 bridgehead atoms. The van der Waals surface area contributed by atoms with Crippen LogP contribution in [0.5, 0.6) is 0 Å². The summed E-state index contributed by atoms with van der Waals surface area (Å²) in [7, 11) is 0. The molecule has 0 unspecified atom stereocenters. The van der Waals surface area contributed by atoms with Crippen LogP contribution in [-0.4, -0.2) is 20.9 Å². The summed E-state index contributed by atoms with van der Waals surface area (Å²) in [6.07, 6.45) is 1.37. The zero-order valence-electron chi connectivity index (χ0n) is 11.1. The predicted octanol–water partition coefficient (Wildman–Crippen LogP) is 1.82. The summed E-state index contributed by atoms with van der Waals surface area (Å²) in [4.78, 5) is 22.8. The number of benzene rings is 1. The van der Waals surface area contributed by atoms with Crippen molar-refractivity contribution >= 4 is 11.7 Å². The Balaban J connectivity index is 2.15. The van der Waals surface area contributed by atoms with Gasteiger partial charge < -0.3 is 16.5 Å². The number of nitrogens with one attached hydrogen (secondary N) is 1. The number of anilines is 1. The second kappa shape index (κ2) is 5.09. The summed E-state index contributed by atoms with van der Waals surface area (Å²) in [5.41, 5.74) is 14.3. The van der Waals surface area contributed by atoms with Crippen LogP contribution >= 0.6 is 0 Å². The molecule has 1 amide bonds. The van der Waals surface area contributed by atoms with Gasteiger partial charge in [0.25, 0.3) is 5.91 Å². The van der Waals surface area contributed by atoms with Gasteiger partial charge in [-0.25, -0.2) is 9.97 Å². The first-order valence-corrected chi connectivity index (χ1v) is 6.31. The monoisotopic (exact) mass is 279 g/mol. The quantitative estimate of drug-likeness (QED) is 0.679. The average Bonchev–Trinajstić information content (AvgIpc) is 2.93. The number of amides is 1. The van der Waals surface area contributed by atoms with E-state index in [0.29, 0.717) is 28.5 Å². The van der Waals surface area contributed by atoms with Gasteiger partial charge in [-0.05, 0) is 11.6 Å². The Morgan fingerprint density at radius 2 is 1.86 bits per heavy atom. The smallest absolute Gasteiger partial charge is 0.250 e. The van der Waals surface area contributed by atoms with Crippen LogP contribution in [0, 0.1) is 0 Å². The van der Waals surface area contributed by atoms with Crippen LogP contribution in [0.2, 0.25) is 0 Å². The summed E-state index contributed by atoms with van der Waals surface area (Å²) in [6, 6.07) is 12.8. The molecule has 0 aliphatic carbocycles. The summed E-state index contributed by atoms with van der Waals surface area (Å²) in [5.74, 6) is -0.144. The molecule has 0 saturated heterocycles. The molecule has 0 spiro atoms. The lowest BCUT2D eigenvalue weighted by Gasteiger charge is -2.01. The number of aromatic nitrogens is 3. The number of aromatic amines is 1. The van der Waals surface area contributed by atoms with E-state index in [-0.39, 0.29) is 0 Å². The summed E-state index contributed by atoms with van der Waals surface area (Å²) in [5, 5.41) is 0. The minimum Gasteiger partial charge on any atom is -0.384 e. The highest BCUT2D eigenvalue weighted by atomic mass is 16.1. The second-order valence-electron chi connectivity index (χ2n) is 4.53. The molecule has 0 aliphatic heterocycles. The molecule has 2 heterocycles. The van der Waals surface area contributed by atoms with E-state index in [1.807, 2.05) is 30.3 Å². The van der Waals surface area contributed by atoms with Crippen LogP contribution < -0.4 is 11.5 Å². The number of nitrogens with zero attached hydrogens (tertiary/aromatic N) is 2. The van der Waals surface area contributed by atoms with E-state index in [1.165, 1.54) is 6.33 Å². The molecule has 6 nitrogen and oxygen atoms in total. The van der Waals surface area contributed by atoms with E-state index in [9.17, 15) is 4.79 Å². The number of carbonyl (C=O) groups excluding carboxylic acids is 1. The lowest BCUT2D eigenvalue weighted by atomic mass is 10.1. The maximum Gasteiger partial charge on any atom is 0.250 e. The van der Waals surface area contributed by atoms with Gasteiger partial charge in [0.05, 0.1) is 22.6 Å². The van der Waals surface area contributed by atoms with Crippen LogP contribution in [-0.2, 0) is 0 Å². The van der Waals surface area contributed by atoms with Gasteiger partial charge in [0.1, 0.15) is 12.1 Å². The number of hydrogen-bond donors (Lipinski definition) is 3. The minimum atomic E-state index is -0.501.